The quantitative estimate of drug-likeness (QED) is 0.427. The van der Waals surface area contributed by atoms with Gasteiger partial charge in [0.2, 0.25) is 0 Å². The van der Waals surface area contributed by atoms with Gasteiger partial charge in [0.25, 0.3) is 0 Å². The summed E-state index contributed by atoms with van der Waals surface area (Å²) in [5, 5.41) is 0. The second-order valence-electron chi connectivity index (χ2n) is 4.20. The highest BCUT2D eigenvalue weighted by Gasteiger charge is 2.50. The van der Waals surface area contributed by atoms with E-state index < -0.39 is 32.5 Å². The van der Waals surface area contributed by atoms with Gasteiger partial charge in [-0.15, -0.1) is 0 Å². The summed E-state index contributed by atoms with van der Waals surface area (Å²) >= 11 is 0. The highest BCUT2D eigenvalue weighted by Crippen LogP contribution is 2.27. The van der Waals surface area contributed by atoms with Gasteiger partial charge in [0.05, 0.1) is 0 Å². The van der Waals surface area contributed by atoms with Crippen molar-refractivity contribution in [2.24, 2.45) is 0 Å². The first-order chi connectivity index (χ1) is 7.02. The van der Waals surface area contributed by atoms with Gasteiger partial charge in [-0.3, -0.25) is 0 Å². The molecule has 0 spiro atoms. The van der Waals surface area contributed by atoms with Gasteiger partial charge in [-0.1, -0.05) is 25.8 Å². The molecule has 0 saturated heterocycles. The zero-order chi connectivity index (χ0) is 13.0. The third kappa shape index (κ3) is 5.46. The van der Waals surface area contributed by atoms with Crippen LogP contribution in [0.25, 0.3) is 0 Å². The van der Waals surface area contributed by atoms with Crippen molar-refractivity contribution >= 4 is 27.0 Å². The normalized spacial score (nSPS) is 14.9. The Bertz CT molecular complexity index is 313. The van der Waals surface area contributed by atoms with Crippen LogP contribution in [0.2, 0.25) is 19.1 Å². The fourth-order valence-electron chi connectivity index (χ4n) is 1.19. The molecule has 0 rings (SSSR count). The van der Waals surface area contributed by atoms with Gasteiger partial charge in [-0.2, -0.15) is 21.6 Å². The van der Waals surface area contributed by atoms with E-state index in [-0.39, 0.29) is 0 Å². The van der Waals surface area contributed by atoms with E-state index in [9.17, 15) is 21.6 Å². The van der Waals surface area contributed by atoms with Crippen molar-refractivity contribution in [3.63, 3.8) is 0 Å². The Labute approximate surface area is 97.2 Å². The molecule has 0 unspecified atom stereocenters. The maximum absolute atomic E-state index is 12.1. The first-order valence-electron chi connectivity index (χ1n) is 5.04. The molecular weight excluding hydrogens is 277 g/mol. The van der Waals surface area contributed by atoms with Crippen LogP contribution in [0.4, 0.5) is 13.2 Å². The molecule has 0 radical (unpaired) electrons. The number of unbranched alkanes of at least 4 members (excludes halogenated alkanes) is 1. The maximum atomic E-state index is 12.1. The van der Waals surface area contributed by atoms with Gasteiger partial charge in [0.1, 0.15) is 0 Å². The maximum Gasteiger partial charge on any atom is 0.522 e. The van der Waals surface area contributed by atoms with Crippen LogP contribution in [0, 0.1) is 0 Å². The molecule has 0 fully saturated rings. The van der Waals surface area contributed by atoms with Crippen LogP contribution in [-0.2, 0) is 14.0 Å². The highest BCUT2D eigenvalue weighted by atomic mass is 32.2. The van der Waals surface area contributed by atoms with Crippen molar-refractivity contribution in [2.75, 3.05) is 0 Å². The van der Waals surface area contributed by atoms with Crippen LogP contribution in [0.5, 0.6) is 0 Å². The van der Waals surface area contributed by atoms with E-state index in [1.54, 1.807) is 0 Å². The fraction of sp³-hybridized carbons (Fsp3) is 1.00. The van der Waals surface area contributed by atoms with Crippen molar-refractivity contribution in [3.8, 4) is 0 Å². The number of hydrogen-bond donors (Lipinski definition) is 0. The second-order valence-corrected chi connectivity index (χ2v) is 17.6. The topological polar surface area (TPSA) is 43.4 Å². The lowest BCUT2D eigenvalue weighted by atomic mass is 10.4. The third-order valence-electron chi connectivity index (χ3n) is 2.00. The Kier molecular flexibility index (Phi) is 5.70. The molecule has 98 valence electrons. The molecule has 0 aliphatic rings. The van der Waals surface area contributed by atoms with Gasteiger partial charge in [-0.05, 0) is 13.1 Å². The predicted molar refractivity (Wildman–Crippen MR) is 61.8 cm³/mol. The summed E-state index contributed by atoms with van der Waals surface area (Å²) in [4.78, 5) is 0. The van der Waals surface area contributed by atoms with E-state index in [0.717, 1.165) is 18.9 Å². The molecule has 16 heavy (non-hydrogen) atoms. The van der Waals surface area contributed by atoms with Crippen molar-refractivity contribution < 1.29 is 25.5 Å². The van der Waals surface area contributed by atoms with E-state index in [1.807, 2.05) is 6.92 Å². The molecule has 0 N–H and O–H groups in total. The van der Waals surface area contributed by atoms with Crippen LogP contribution in [-0.4, -0.2) is 30.8 Å². The standard InChI is InChI=1S/C7H17F3O3SSi2/c1-4-5-6-15-16(2,3)13-14(11,12)7(8,9)10/h4-6,15H2,1-3H3. The molecule has 0 aromatic heterocycles. The lowest BCUT2D eigenvalue weighted by Crippen LogP contribution is -2.44. The Morgan fingerprint density at radius 2 is 1.81 bits per heavy atom. The summed E-state index contributed by atoms with van der Waals surface area (Å²) in [6, 6.07) is 0.836. The van der Waals surface area contributed by atoms with Crippen molar-refractivity contribution in [1.82, 2.24) is 0 Å². The largest absolute Gasteiger partial charge is 0.522 e. The smallest absolute Gasteiger partial charge is 0.313 e. The average Bonchev–Trinajstić information content (AvgIpc) is 1.99. The van der Waals surface area contributed by atoms with Gasteiger partial charge < -0.3 is 3.87 Å². The number of halogens is 3. The molecule has 0 saturated carbocycles. The summed E-state index contributed by atoms with van der Waals surface area (Å²) < 4.78 is 62.2. The van der Waals surface area contributed by atoms with Crippen LogP contribution in [0.1, 0.15) is 19.8 Å². The molecule has 9 heteroatoms. The van der Waals surface area contributed by atoms with Crippen LogP contribution >= 0.6 is 0 Å². The molecule has 0 bridgehead atoms. The Morgan fingerprint density at radius 1 is 1.31 bits per heavy atom. The number of rotatable bonds is 6. The van der Waals surface area contributed by atoms with Gasteiger partial charge in [0, 0.05) is 9.04 Å². The fourth-order valence-corrected chi connectivity index (χ4v) is 11.3. The van der Waals surface area contributed by atoms with E-state index in [2.05, 4.69) is 3.87 Å². The van der Waals surface area contributed by atoms with Crippen LogP contribution in [0.15, 0.2) is 0 Å². The average molecular weight is 294 g/mol. The summed E-state index contributed by atoms with van der Waals surface area (Å²) in [6.45, 7) is 5.06. The molecule has 0 aromatic rings. The molecule has 0 aliphatic heterocycles. The molecule has 0 atom stereocenters. The minimum absolute atomic E-state index is 0.836. The Morgan fingerprint density at radius 3 is 2.19 bits per heavy atom. The molecule has 0 aromatic carbocycles. The van der Waals surface area contributed by atoms with E-state index in [4.69, 9.17) is 0 Å². The first-order valence-corrected chi connectivity index (χ1v) is 12.7. The molecular formula is C7H17F3O3SSi2. The SMILES string of the molecule is CCCC[SiH2][Si](C)(C)OS(=O)(=O)C(F)(F)F. The predicted octanol–water partition coefficient (Wildman–Crippen LogP) is 1.94. The summed E-state index contributed by atoms with van der Waals surface area (Å²) in [5.74, 6) is 0. The van der Waals surface area contributed by atoms with Crippen molar-refractivity contribution in [3.05, 3.63) is 0 Å². The van der Waals surface area contributed by atoms with E-state index in [1.165, 1.54) is 13.1 Å². The number of hydrogen-bond acceptors (Lipinski definition) is 3. The van der Waals surface area contributed by atoms with Crippen LogP contribution < -0.4 is 0 Å². The van der Waals surface area contributed by atoms with Gasteiger partial charge in [-0.25, -0.2) is 0 Å². The van der Waals surface area contributed by atoms with Crippen molar-refractivity contribution in [1.29, 1.82) is 0 Å². The monoisotopic (exact) mass is 294 g/mol. The van der Waals surface area contributed by atoms with E-state index >= 15 is 0 Å². The second kappa shape index (κ2) is 5.65. The molecule has 3 nitrogen and oxygen atoms in total. The van der Waals surface area contributed by atoms with Gasteiger partial charge >= 0.3 is 15.6 Å². The Balaban J connectivity index is 4.47. The zero-order valence-corrected chi connectivity index (χ0v) is 12.8. The summed E-state index contributed by atoms with van der Waals surface area (Å²) in [7, 11) is -8.92. The first kappa shape index (κ1) is 16.1. The summed E-state index contributed by atoms with van der Waals surface area (Å²) in [6.07, 6.45) is 1.89. The minimum atomic E-state index is -5.40. The molecule has 0 heterocycles. The lowest BCUT2D eigenvalue weighted by Gasteiger charge is -2.22. The van der Waals surface area contributed by atoms with Gasteiger partial charge in [0.15, 0.2) is 7.83 Å². The zero-order valence-electron chi connectivity index (χ0n) is 9.60. The highest BCUT2D eigenvalue weighted by molar-refractivity contribution is 7.89. The third-order valence-corrected chi connectivity index (χ3v) is 13.0. The minimum Gasteiger partial charge on any atom is -0.313 e. The van der Waals surface area contributed by atoms with Crippen LogP contribution in [0.3, 0.4) is 0 Å². The number of alkyl halides is 3. The lowest BCUT2D eigenvalue weighted by molar-refractivity contribution is -0.0502. The molecule has 0 amide bonds. The van der Waals surface area contributed by atoms with E-state index in [0.29, 0.717) is 0 Å². The van der Waals surface area contributed by atoms with Crippen molar-refractivity contribution in [2.45, 2.75) is 44.4 Å². The summed E-state index contributed by atoms with van der Waals surface area (Å²) in [5.41, 5.74) is -5.30. The Hall–Kier alpha value is 0.134. The molecule has 0 aliphatic carbocycles.